The first-order valence-electron chi connectivity index (χ1n) is 10.5. The van der Waals surface area contributed by atoms with Gasteiger partial charge in [-0.3, -0.25) is 0 Å². The molecule has 146 valence electrons. The van der Waals surface area contributed by atoms with Gasteiger partial charge in [0.05, 0.1) is 7.11 Å². The normalized spacial score (nSPS) is 17.7. The molecule has 4 aromatic rings. The van der Waals surface area contributed by atoms with E-state index in [4.69, 9.17) is 4.74 Å². The third kappa shape index (κ3) is 3.49. The first-order valence-corrected chi connectivity index (χ1v) is 10.5. The van der Waals surface area contributed by atoms with Crippen LogP contribution >= 0.6 is 0 Å². The van der Waals surface area contributed by atoms with Crippen LogP contribution in [-0.2, 0) is 0 Å². The van der Waals surface area contributed by atoms with Crippen molar-refractivity contribution in [2.24, 2.45) is 0 Å². The number of aryl methyl sites for hydroxylation is 1. The Bertz CT molecular complexity index is 1170. The molecular formula is C27H27NO. The van der Waals surface area contributed by atoms with E-state index in [-0.39, 0.29) is 0 Å². The van der Waals surface area contributed by atoms with Gasteiger partial charge in [0.1, 0.15) is 5.75 Å². The molecule has 1 N–H and O–H groups in total. The van der Waals surface area contributed by atoms with Crippen LogP contribution in [0.15, 0.2) is 72.8 Å². The molecule has 29 heavy (non-hydrogen) atoms. The molecule has 1 saturated heterocycles. The second kappa shape index (κ2) is 7.53. The fourth-order valence-corrected chi connectivity index (χ4v) is 4.79. The van der Waals surface area contributed by atoms with E-state index in [1.165, 1.54) is 51.1 Å². The Morgan fingerprint density at radius 2 is 1.41 bits per heavy atom. The highest BCUT2D eigenvalue weighted by atomic mass is 16.5. The molecule has 0 aliphatic carbocycles. The Labute approximate surface area is 172 Å². The number of rotatable bonds is 4. The van der Waals surface area contributed by atoms with Crippen LogP contribution in [0.2, 0.25) is 0 Å². The summed E-state index contributed by atoms with van der Waals surface area (Å²) >= 11 is 0. The first-order chi connectivity index (χ1) is 14.2. The van der Waals surface area contributed by atoms with Crippen molar-refractivity contribution in [3.05, 3.63) is 89.5 Å². The molecule has 0 spiro atoms. The number of nitrogens with one attached hydrogen (secondary N) is 1. The molecule has 5 rings (SSSR count). The molecule has 2 atom stereocenters. The van der Waals surface area contributed by atoms with E-state index in [1.807, 2.05) is 6.07 Å². The zero-order chi connectivity index (χ0) is 19.8. The first kappa shape index (κ1) is 18.2. The standard InChI is InChI=1S/C27H27NO/c1-18-5-6-20-15-23(9-7-19(20)14-18)27(26-4-3-13-28-26)24-10-8-22-17-25(29-2)12-11-21(22)16-24/h5-12,14-17,26-28H,3-4,13H2,1-2H3. The second-order valence-electron chi connectivity index (χ2n) is 8.26. The predicted octanol–water partition coefficient (Wildman–Crippen LogP) is 6.19. The van der Waals surface area contributed by atoms with Gasteiger partial charge in [-0.1, -0.05) is 66.2 Å². The van der Waals surface area contributed by atoms with Gasteiger partial charge in [0.25, 0.3) is 0 Å². The number of methoxy groups -OCH3 is 1. The van der Waals surface area contributed by atoms with Crippen molar-refractivity contribution in [2.75, 3.05) is 13.7 Å². The number of hydrogen-bond acceptors (Lipinski definition) is 2. The highest BCUT2D eigenvalue weighted by molar-refractivity contribution is 5.86. The average molecular weight is 382 g/mol. The molecule has 0 aromatic heterocycles. The lowest BCUT2D eigenvalue weighted by atomic mass is 9.83. The van der Waals surface area contributed by atoms with Crippen LogP contribution in [0.3, 0.4) is 0 Å². The van der Waals surface area contributed by atoms with Crippen LogP contribution in [0.25, 0.3) is 21.5 Å². The van der Waals surface area contributed by atoms with Crippen LogP contribution < -0.4 is 10.1 Å². The van der Waals surface area contributed by atoms with Crippen molar-refractivity contribution in [3.63, 3.8) is 0 Å². The molecular weight excluding hydrogens is 354 g/mol. The van der Waals surface area contributed by atoms with Gasteiger partial charge >= 0.3 is 0 Å². The number of ether oxygens (including phenoxy) is 1. The van der Waals surface area contributed by atoms with Gasteiger partial charge in [-0.05, 0) is 71.1 Å². The molecule has 0 bridgehead atoms. The largest absolute Gasteiger partial charge is 0.497 e. The summed E-state index contributed by atoms with van der Waals surface area (Å²) in [6, 6.07) is 27.4. The van der Waals surface area contributed by atoms with E-state index in [1.54, 1.807) is 7.11 Å². The maximum atomic E-state index is 5.39. The van der Waals surface area contributed by atoms with Gasteiger partial charge in [-0.25, -0.2) is 0 Å². The van der Waals surface area contributed by atoms with E-state index in [9.17, 15) is 0 Å². The monoisotopic (exact) mass is 381 g/mol. The fraction of sp³-hybridized carbons (Fsp3) is 0.259. The summed E-state index contributed by atoms with van der Waals surface area (Å²) in [6.07, 6.45) is 2.47. The summed E-state index contributed by atoms with van der Waals surface area (Å²) < 4.78 is 5.39. The zero-order valence-corrected chi connectivity index (χ0v) is 17.1. The molecule has 0 amide bonds. The summed E-state index contributed by atoms with van der Waals surface area (Å²) in [7, 11) is 1.72. The highest BCUT2D eigenvalue weighted by Gasteiger charge is 2.27. The van der Waals surface area contributed by atoms with Crippen molar-refractivity contribution in [1.82, 2.24) is 5.32 Å². The Balaban J connectivity index is 1.62. The van der Waals surface area contributed by atoms with E-state index in [0.717, 1.165) is 12.3 Å². The fourth-order valence-electron chi connectivity index (χ4n) is 4.79. The smallest absolute Gasteiger partial charge is 0.119 e. The molecule has 2 nitrogen and oxygen atoms in total. The summed E-state index contributed by atoms with van der Waals surface area (Å²) in [4.78, 5) is 0. The number of hydrogen-bond donors (Lipinski definition) is 1. The lowest BCUT2D eigenvalue weighted by Gasteiger charge is -2.26. The minimum absolute atomic E-state index is 0.356. The van der Waals surface area contributed by atoms with Crippen LogP contribution in [-0.4, -0.2) is 19.7 Å². The average Bonchev–Trinajstić information content (AvgIpc) is 3.28. The minimum Gasteiger partial charge on any atom is -0.497 e. The third-order valence-electron chi connectivity index (χ3n) is 6.31. The van der Waals surface area contributed by atoms with Crippen molar-refractivity contribution in [3.8, 4) is 5.75 Å². The maximum absolute atomic E-state index is 5.39. The van der Waals surface area contributed by atoms with Crippen molar-refractivity contribution in [1.29, 1.82) is 0 Å². The summed E-state index contributed by atoms with van der Waals surface area (Å²) in [5, 5.41) is 8.88. The minimum atomic E-state index is 0.356. The molecule has 0 saturated carbocycles. The van der Waals surface area contributed by atoms with Crippen LogP contribution in [0, 0.1) is 6.92 Å². The molecule has 4 aromatic carbocycles. The Morgan fingerprint density at radius 3 is 2.07 bits per heavy atom. The Kier molecular flexibility index (Phi) is 4.73. The van der Waals surface area contributed by atoms with Crippen LogP contribution in [0.4, 0.5) is 0 Å². The molecule has 1 fully saturated rings. The van der Waals surface area contributed by atoms with Crippen molar-refractivity contribution < 1.29 is 4.74 Å². The van der Waals surface area contributed by atoms with E-state index < -0.39 is 0 Å². The SMILES string of the molecule is COc1ccc2cc(C(c3ccc4cc(C)ccc4c3)C3CCCN3)ccc2c1. The number of benzene rings is 4. The summed E-state index contributed by atoms with van der Waals surface area (Å²) in [5.74, 6) is 1.26. The molecule has 0 radical (unpaired) electrons. The predicted molar refractivity (Wildman–Crippen MR) is 122 cm³/mol. The molecule has 2 heteroatoms. The van der Waals surface area contributed by atoms with Gasteiger partial charge < -0.3 is 10.1 Å². The van der Waals surface area contributed by atoms with Gasteiger partial charge in [0.15, 0.2) is 0 Å². The van der Waals surface area contributed by atoms with E-state index in [0.29, 0.717) is 12.0 Å². The maximum Gasteiger partial charge on any atom is 0.119 e. The molecule has 1 heterocycles. The molecule has 1 aliphatic rings. The highest BCUT2D eigenvalue weighted by Crippen LogP contribution is 2.35. The van der Waals surface area contributed by atoms with E-state index in [2.05, 4.69) is 79.0 Å². The van der Waals surface area contributed by atoms with Gasteiger partial charge in [-0.15, -0.1) is 0 Å². The summed E-state index contributed by atoms with van der Waals surface area (Å²) in [6.45, 7) is 3.27. The quantitative estimate of drug-likeness (QED) is 0.455. The van der Waals surface area contributed by atoms with Crippen molar-refractivity contribution in [2.45, 2.75) is 31.7 Å². The number of fused-ring (bicyclic) bond motifs is 2. The third-order valence-corrected chi connectivity index (χ3v) is 6.31. The van der Waals surface area contributed by atoms with E-state index >= 15 is 0 Å². The second-order valence-corrected chi connectivity index (χ2v) is 8.26. The lowest BCUT2D eigenvalue weighted by molar-refractivity contribution is 0.415. The van der Waals surface area contributed by atoms with Crippen molar-refractivity contribution >= 4 is 21.5 Å². The zero-order valence-electron chi connectivity index (χ0n) is 17.1. The van der Waals surface area contributed by atoms with Gasteiger partial charge in [-0.2, -0.15) is 0 Å². The Hall–Kier alpha value is -2.84. The molecule has 1 aliphatic heterocycles. The molecule has 2 unspecified atom stereocenters. The lowest BCUT2D eigenvalue weighted by Crippen LogP contribution is -2.29. The van der Waals surface area contributed by atoms with Crippen LogP contribution in [0.1, 0.15) is 35.4 Å². The summed E-state index contributed by atoms with van der Waals surface area (Å²) in [5.41, 5.74) is 4.09. The van der Waals surface area contributed by atoms with Crippen LogP contribution in [0.5, 0.6) is 5.75 Å². The van der Waals surface area contributed by atoms with Gasteiger partial charge in [0, 0.05) is 12.0 Å². The topological polar surface area (TPSA) is 21.3 Å². The Morgan fingerprint density at radius 1 is 0.793 bits per heavy atom. The van der Waals surface area contributed by atoms with Gasteiger partial charge in [0.2, 0.25) is 0 Å².